The zero-order valence-electron chi connectivity index (χ0n) is 12.3. The van der Waals surface area contributed by atoms with Crippen LogP contribution < -0.4 is 0 Å². The molecule has 1 heterocycles. The van der Waals surface area contributed by atoms with Crippen LogP contribution in [0.5, 0.6) is 0 Å². The first-order chi connectivity index (χ1) is 8.73. The molecule has 0 bridgehead atoms. The number of hydrogen-bond donors (Lipinski definition) is 1. The molecular weight excluding hydrogens is 240 g/mol. The highest BCUT2D eigenvalue weighted by atomic mass is 16.7. The van der Waals surface area contributed by atoms with Gasteiger partial charge in [-0.15, -0.1) is 0 Å². The molecule has 1 saturated heterocycles. The van der Waals surface area contributed by atoms with Crippen molar-refractivity contribution in [1.82, 2.24) is 0 Å². The Hall–Kier alpha value is -0.380. The Morgan fingerprint density at radius 1 is 1.21 bits per heavy atom. The molecule has 3 fully saturated rings. The lowest BCUT2D eigenvalue weighted by atomic mass is 9.61. The summed E-state index contributed by atoms with van der Waals surface area (Å²) in [6.45, 7) is 8.41. The fourth-order valence-electron chi connectivity index (χ4n) is 5.42. The van der Waals surface area contributed by atoms with Crippen LogP contribution >= 0.6 is 0 Å². The molecule has 4 aliphatic rings. The van der Waals surface area contributed by atoms with E-state index in [0.717, 1.165) is 12.8 Å². The van der Waals surface area contributed by atoms with Crippen molar-refractivity contribution in [2.24, 2.45) is 11.3 Å². The summed E-state index contributed by atoms with van der Waals surface area (Å²) in [7, 11) is 0. The molecule has 0 aromatic rings. The standard InChI is InChI=1S/C16H24O3/c1-10-9-16(17)6-5-11-12(16)14(4,15(10)7-8-15)19-13(2,3)18-11/h9,11-12,17H,5-8H2,1-4H3/t11-,12-,14+,16-/m0/s1. The van der Waals surface area contributed by atoms with Crippen molar-refractivity contribution < 1.29 is 14.6 Å². The first kappa shape index (κ1) is 12.4. The van der Waals surface area contributed by atoms with Gasteiger partial charge in [0.2, 0.25) is 0 Å². The first-order valence-electron chi connectivity index (χ1n) is 7.53. The average molecular weight is 264 g/mol. The highest BCUT2D eigenvalue weighted by molar-refractivity contribution is 5.38. The van der Waals surface area contributed by atoms with Crippen molar-refractivity contribution in [2.45, 2.75) is 76.5 Å². The summed E-state index contributed by atoms with van der Waals surface area (Å²) in [6, 6.07) is 0. The first-order valence-corrected chi connectivity index (χ1v) is 7.53. The summed E-state index contributed by atoms with van der Waals surface area (Å²) in [4.78, 5) is 0. The van der Waals surface area contributed by atoms with E-state index < -0.39 is 11.4 Å². The molecule has 106 valence electrons. The van der Waals surface area contributed by atoms with Crippen molar-refractivity contribution >= 4 is 0 Å². The van der Waals surface area contributed by atoms with Gasteiger partial charge < -0.3 is 14.6 Å². The lowest BCUT2D eigenvalue weighted by Gasteiger charge is -2.59. The number of fused-ring (bicyclic) bond motifs is 1. The summed E-state index contributed by atoms with van der Waals surface area (Å²) < 4.78 is 12.5. The van der Waals surface area contributed by atoms with Gasteiger partial charge in [-0.05, 0) is 53.4 Å². The molecular formula is C16H24O3. The molecule has 19 heavy (non-hydrogen) atoms. The van der Waals surface area contributed by atoms with Gasteiger partial charge in [-0.2, -0.15) is 0 Å². The minimum Gasteiger partial charge on any atom is -0.385 e. The molecule has 0 unspecified atom stereocenters. The molecule has 0 aromatic heterocycles. The average Bonchev–Trinajstić information content (AvgIpc) is 2.98. The van der Waals surface area contributed by atoms with Gasteiger partial charge in [0.05, 0.1) is 17.3 Å². The highest BCUT2D eigenvalue weighted by Crippen LogP contribution is 2.71. The van der Waals surface area contributed by atoms with E-state index in [0.29, 0.717) is 0 Å². The number of hydrogen-bond acceptors (Lipinski definition) is 3. The molecule has 1 N–H and O–H groups in total. The second-order valence-electron chi connectivity index (χ2n) is 7.68. The van der Waals surface area contributed by atoms with Crippen LogP contribution in [-0.2, 0) is 9.47 Å². The predicted octanol–water partition coefficient (Wildman–Crippen LogP) is 2.78. The minimum atomic E-state index is -0.728. The third-order valence-electron chi connectivity index (χ3n) is 6.15. The van der Waals surface area contributed by atoms with E-state index in [1.54, 1.807) is 0 Å². The molecule has 1 spiro atoms. The van der Waals surface area contributed by atoms with E-state index in [1.165, 1.54) is 18.4 Å². The Morgan fingerprint density at radius 2 is 1.89 bits per heavy atom. The Kier molecular flexibility index (Phi) is 2.02. The summed E-state index contributed by atoms with van der Waals surface area (Å²) in [5.41, 5.74) is 0.456. The molecule has 2 saturated carbocycles. The molecule has 3 nitrogen and oxygen atoms in total. The van der Waals surface area contributed by atoms with Crippen molar-refractivity contribution in [3.8, 4) is 0 Å². The summed E-state index contributed by atoms with van der Waals surface area (Å²) in [5.74, 6) is -0.465. The van der Waals surface area contributed by atoms with Gasteiger partial charge >= 0.3 is 0 Å². The van der Waals surface area contributed by atoms with Crippen LogP contribution in [0, 0.1) is 11.3 Å². The zero-order chi connectivity index (χ0) is 13.7. The molecule has 4 atom stereocenters. The topological polar surface area (TPSA) is 38.7 Å². The van der Waals surface area contributed by atoms with Crippen LogP contribution in [0.1, 0.15) is 53.4 Å². The van der Waals surface area contributed by atoms with E-state index in [9.17, 15) is 5.11 Å². The SMILES string of the molecule is CC1=C[C@@]2(O)CC[C@@H]3OC(C)(C)O[C@](C)([C@H]32)C12CC2. The largest absolute Gasteiger partial charge is 0.385 e. The molecule has 0 aromatic carbocycles. The van der Waals surface area contributed by atoms with Gasteiger partial charge in [0.1, 0.15) is 0 Å². The van der Waals surface area contributed by atoms with Crippen LogP contribution in [-0.4, -0.2) is 28.2 Å². The Morgan fingerprint density at radius 3 is 2.53 bits per heavy atom. The molecule has 0 radical (unpaired) electrons. The maximum absolute atomic E-state index is 11.0. The van der Waals surface area contributed by atoms with Crippen LogP contribution in [0.2, 0.25) is 0 Å². The van der Waals surface area contributed by atoms with Crippen LogP contribution in [0.15, 0.2) is 11.6 Å². The van der Waals surface area contributed by atoms with Gasteiger partial charge in [0.25, 0.3) is 0 Å². The zero-order valence-corrected chi connectivity index (χ0v) is 12.3. The van der Waals surface area contributed by atoms with Gasteiger partial charge in [0, 0.05) is 11.3 Å². The van der Waals surface area contributed by atoms with E-state index in [4.69, 9.17) is 9.47 Å². The number of ether oxygens (including phenoxy) is 2. The Labute approximate surface area is 115 Å². The second-order valence-corrected chi connectivity index (χ2v) is 7.68. The van der Waals surface area contributed by atoms with Crippen molar-refractivity contribution in [3.63, 3.8) is 0 Å². The number of aliphatic hydroxyl groups is 1. The summed E-state index contributed by atoms with van der Waals surface area (Å²) in [5, 5.41) is 11.0. The van der Waals surface area contributed by atoms with Gasteiger partial charge in [0.15, 0.2) is 5.79 Å². The second kappa shape index (κ2) is 3.10. The Bertz CT molecular complexity index is 476. The maximum atomic E-state index is 11.0. The quantitative estimate of drug-likeness (QED) is 0.684. The van der Waals surface area contributed by atoms with E-state index in [2.05, 4.69) is 19.9 Å². The van der Waals surface area contributed by atoms with Gasteiger partial charge in [-0.1, -0.05) is 11.6 Å². The fourth-order valence-corrected chi connectivity index (χ4v) is 5.42. The molecule has 0 amide bonds. The fraction of sp³-hybridized carbons (Fsp3) is 0.875. The van der Waals surface area contributed by atoms with Gasteiger partial charge in [-0.3, -0.25) is 0 Å². The lowest BCUT2D eigenvalue weighted by Crippen LogP contribution is -2.66. The molecule has 1 aliphatic heterocycles. The molecule has 3 aliphatic carbocycles. The minimum absolute atomic E-state index is 0.0826. The number of rotatable bonds is 0. The predicted molar refractivity (Wildman–Crippen MR) is 71.5 cm³/mol. The third kappa shape index (κ3) is 1.29. The summed E-state index contributed by atoms with van der Waals surface area (Å²) >= 11 is 0. The van der Waals surface area contributed by atoms with Gasteiger partial charge in [-0.25, -0.2) is 0 Å². The van der Waals surface area contributed by atoms with Crippen LogP contribution in [0.3, 0.4) is 0 Å². The van der Waals surface area contributed by atoms with Crippen LogP contribution in [0.4, 0.5) is 0 Å². The lowest BCUT2D eigenvalue weighted by molar-refractivity contribution is -0.373. The maximum Gasteiger partial charge on any atom is 0.163 e. The van der Waals surface area contributed by atoms with E-state index >= 15 is 0 Å². The molecule has 4 rings (SSSR count). The third-order valence-corrected chi connectivity index (χ3v) is 6.15. The smallest absolute Gasteiger partial charge is 0.163 e. The monoisotopic (exact) mass is 264 g/mol. The van der Waals surface area contributed by atoms with Crippen molar-refractivity contribution in [1.29, 1.82) is 0 Å². The van der Waals surface area contributed by atoms with E-state index in [1.807, 2.05) is 13.8 Å². The molecule has 3 heteroatoms. The van der Waals surface area contributed by atoms with Crippen molar-refractivity contribution in [2.75, 3.05) is 0 Å². The van der Waals surface area contributed by atoms with Crippen molar-refractivity contribution in [3.05, 3.63) is 11.6 Å². The normalized spacial score (nSPS) is 52.8. The van der Waals surface area contributed by atoms with Crippen LogP contribution in [0.25, 0.3) is 0 Å². The summed E-state index contributed by atoms with van der Waals surface area (Å²) in [6.07, 6.45) is 6.34. The Balaban J connectivity index is 1.91. The highest BCUT2D eigenvalue weighted by Gasteiger charge is 2.74. The van der Waals surface area contributed by atoms with E-state index in [-0.39, 0.29) is 23.0 Å².